The van der Waals surface area contributed by atoms with E-state index >= 15 is 0 Å². The third kappa shape index (κ3) is 5.31. The van der Waals surface area contributed by atoms with Crippen LogP contribution in [0, 0.1) is 13.8 Å². The number of aromatic nitrogens is 2. The van der Waals surface area contributed by atoms with Gasteiger partial charge < -0.3 is 24.3 Å². The SMILES string of the molecule is COCC(F)(F)c1cccc([C@@H](C)Nc2nc(C)nc3cc(OC)c(O[C@H]4CCOC4)cc23)c1C. The zero-order valence-electron chi connectivity index (χ0n) is 20.7. The predicted molar refractivity (Wildman–Crippen MR) is 130 cm³/mol. The van der Waals surface area contributed by atoms with Gasteiger partial charge in [0.25, 0.3) is 5.92 Å². The van der Waals surface area contributed by atoms with Crippen molar-refractivity contribution >= 4 is 16.7 Å². The zero-order valence-corrected chi connectivity index (χ0v) is 20.7. The van der Waals surface area contributed by atoms with Crippen LogP contribution in [-0.2, 0) is 15.4 Å². The van der Waals surface area contributed by atoms with E-state index < -0.39 is 12.5 Å². The van der Waals surface area contributed by atoms with Crippen LogP contribution in [0.1, 0.15) is 41.9 Å². The Labute approximate surface area is 203 Å². The minimum atomic E-state index is -3.08. The topological polar surface area (TPSA) is 74.7 Å². The summed E-state index contributed by atoms with van der Waals surface area (Å²) < 4.78 is 51.1. The Morgan fingerprint density at radius 3 is 2.66 bits per heavy atom. The molecule has 1 fully saturated rings. The van der Waals surface area contributed by atoms with Crippen molar-refractivity contribution in [1.82, 2.24) is 9.97 Å². The molecule has 0 unspecified atom stereocenters. The van der Waals surface area contributed by atoms with E-state index in [-0.39, 0.29) is 17.7 Å². The molecule has 2 atom stereocenters. The highest BCUT2D eigenvalue weighted by molar-refractivity contribution is 5.92. The molecular formula is C26H31F2N3O4. The molecule has 35 heavy (non-hydrogen) atoms. The Morgan fingerprint density at radius 2 is 1.97 bits per heavy atom. The van der Waals surface area contributed by atoms with E-state index in [1.165, 1.54) is 13.2 Å². The standard InChI is InChI=1S/C26H31F2N3O4/c1-15-19(7-6-8-21(15)26(27,28)14-32-4)16(2)29-25-20-11-24(35-18-9-10-34-13-18)23(33-5)12-22(20)30-17(3)31-25/h6-8,11-12,16,18H,9-10,13-14H2,1-5H3,(H,29,30,31)/t16-,18+/m1/s1. The maximum atomic E-state index is 14.6. The number of hydrogen-bond acceptors (Lipinski definition) is 7. The van der Waals surface area contributed by atoms with E-state index in [0.717, 1.165) is 17.4 Å². The van der Waals surface area contributed by atoms with Crippen molar-refractivity contribution in [2.24, 2.45) is 0 Å². The number of methoxy groups -OCH3 is 2. The van der Waals surface area contributed by atoms with Crippen molar-refractivity contribution in [2.45, 2.75) is 45.3 Å². The van der Waals surface area contributed by atoms with Gasteiger partial charge >= 0.3 is 0 Å². The van der Waals surface area contributed by atoms with Gasteiger partial charge in [-0.05, 0) is 38.0 Å². The normalized spacial score (nSPS) is 16.9. The Morgan fingerprint density at radius 1 is 1.17 bits per heavy atom. The first kappa shape index (κ1) is 25.1. The second kappa shape index (κ2) is 10.3. The molecule has 1 N–H and O–H groups in total. The van der Waals surface area contributed by atoms with Crippen molar-refractivity contribution in [3.05, 3.63) is 52.8 Å². The van der Waals surface area contributed by atoms with Crippen molar-refractivity contribution in [3.8, 4) is 11.5 Å². The number of hydrogen-bond donors (Lipinski definition) is 1. The van der Waals surface area contributed by atoms with Gasteiger partial charge in [-0.1, -0.05) is 18.2 Å². The van der Waals surface area contributed by atoms with E-state index in [0.29, 0.717) is 47.4 Å². The summed E-state index contributed by atoms with van der Waals surface area (Å²) in [5.41, 5.74) is 1.90. The zero-order chi connectivity index (χ0) is 25.2. The molecule has 0 amide bonds. The van der Waals surface area contributed by atoms with Crippen LogP contribution in [0.3, 0.4) is 0 Å². The van der Waals surface area contributed by atoms with Crippen molar-refractivity contribution in [1.29, 1.82) is 0 Å². The molecule has 0 aliphatic carbocycles. The molecule has 1 saturated heterocycles. The van der Waals surface area contributed by atoms with Crippen LogP contribution in [0.25, 0.3) is 10.9 Å². The number of alkyl halides is 2. The average Bonchev–Trinajstić information content (AvgIpc) is 3.32. The third-order valence-electron chi connectivity index (χ3n) is 6.19. The lowest BCUT2D eigenvalue weighted by molar-refractivity contribution is -0.0702. The number of fused-ring (bicyclic) bond motifs is 1. The molecule has 188 valence electrons. The van der Waals surface area contributed by atoms with Gasteiger partial charge in [0.05, 0.1) is 31.9 Å². The van der Waals surface area contributed by atoms with E-state index in [9.17, 15) is 8.78 Å². The lowest BCUT2D eigenvalue weighted by Gasteiger charge is -2.24. The number of nitrogens with zero attached hydrogens (tertiary/aromatic N) is 2. The molecule has 0 saturated carbocycles. The number of halogens is 2. The van der Waals surface area contributed by atoms with Gasteiger partial charge in [0.15, 0.2) is 11.5 Å². The second-order valence-electron chi connectivity index (χ2n) is 8.77. The lowest BCUT2D eigenvalue weighted by atomic mass is 9.94. The minimum Gasteiger partial charge on any atom is -0.493 e. The molecule has 0 bridgehead atoms. The van der Waals surface area contributed by atoms with E-state index in [4.69, 9.17) is 18.9 Å². The first-order valence-electron chi connectivity index (χ1n) is 11.6. The summed E-state index contributed by atoms with van der Waals surface area (Å²) in [6.07, 6.45) is 0.749. The minimum absolute atomic E-state index is 0.0477. The molecular weight excluding hydrogens is 456 g/mol. The molecule has 1 aliphatic rings. The first-order chi connectivity index (χ1) is 16.7. The number of rotatable bonds is 9. The molecule has 3 aromatic rings. The van der Waals surface area contributed by atoms with Gasteiger partial charge in [0.2, 0.25) is 0 Å². The van der Waals surface area contributed by atoms with Gasteiger partial charge in [-0.25, -0.2) is 9.97 Å². The molecule has 4 rings (SSSR count). The van der Waals surface area contributed by atoms with Crippen LogP contribution in [-0.4, -0.2) is 50.1 Å². The monoisotopic (exact) mass is 487 g/mol. The summed E-state index contributed by atoms with van der Waals surface area (Å²) in [7, 11) is 2.86. The lowest BCUT2D eigenvalue weighted by Crippen LogP contribution is -2.22. The smallest absolute Gasteiger partial charge is 0.296 e. The fourth-order valence-corrected chi connectivity index (χ4v) is 4.46. The molecule has 0 radical (unpaired) electrons. The predicted octanol–water partition coefficient (Wildman–Crippen LogP) is 5.33. The number of ether oxygens (including phenoxy) is 4. The van der Waals surface area contributed by atoms with Gasteiger partial charge in [-0.3, -0.25) is 0 Å². The van der Waals surface area contributed by atoms with E-state index in [1.54, 1.807) is 27.0 Å². The van der Waals surface area contributed by atoms with E-state index in [2.05, 4.69) is 15.3 Å². The molecule has 2 aromatic carbocycles. The van der Waals surface area contributed by atoms with Gasteiger partial charge in [0.1, 0.15) is 24.4 Å². The number of aryl methyl sites for hydroxylation is 1. The number of nitrogens with one attached hydrogen (secondary N) is 1. The Hall–Kier alpha value is -3.04. The highest BCUT2D eigenvalue weighted by atomic mass is 19.3. The van der Waals surface area contributed by atoms with Gasteiger partial charge in [0, 0.05) is 30.5 Å². The third-order valence-corrected chi connectivity index (χ3v) is 6.19. The molecule has 9 heteroatoms. The van der Waals surface area contributed by atoms with Crippen LogP contribution in [0.4, 0.5) is 14.6 Å². The average molecular weight is 488 g/mol. The first-order valence-corrected chi connectivity index (χ1v) is 11.6. The van der Waals surface area contributed by atoms with Crippen LogP contribution >= 0.6 is 0 Å². The largest absolute Gasteiger partial charge is 0.493 e. The highest BCUT2D eigenvalue weighted by Crippen LogP contribution is 2.38. The highest BCUT2D eigenvalue weighted by Gasteiger charge is 2.34. The summed E-state index contributed by atoms with van der Waals surface area (Å²) in [6.45, 7) is 5.94. The fraction of sp³-hybridized carbons (Fsp3) is 0.462. The Kier molecular flexibility index (Phi) is 7.37. The maximum absolute atomic E-state index is 14.6. The Bertz CT molecular complexity index is 1200. The second-order valence-corrected chi connectivity index (χ2v) is 8.77. The van der Waals surface area contributed by atoms with Gasteiger partial charge in [-0.15, -0.1) is 0 Å². The fourth-order valence-electron chi connectivity index (χ4n) is 4.46. The quantitative estimate of drug-likeness (QED) is 0.437. The van der Waals surface area contributed by atoms with Crippen molar-refractivity contribution in [3.63, 3.8) is 0 Å². The number of benzene rings is 2. The van der Waals surface area contributed by atoms with Crippen LogP contribution in [0.2, 0.25) is 0 Å². The van der Waals surface area contributed by atoms with Crippen molar-refractivity contribution < 1.29 is 27.7 Å². The maximum Gasteiger partial charge on any atom is 0.296 e. The molecule has 1 aliphatic heterocycles. The summed E-state index contributed by atoms with van der Waals surface area (Å²) >= 11 is 0. The summed E-state index contributed by atoms with van der Waals surface area (Å²) in [5.74, 6) is -0.770. The van der Waals surface area contributed by atoms with E-state index in [1.807, 2.05) is 25.1 Å². The van der Waals surface area contributed by atoms with Crippen molar-refractivity contribution in [2.75, 3.05) is 39.4 Å². The summed E-state index contributed by atoms with van der Waals surface area (Å²) in [4.78, 5) is 9.17. The molecule has 1 aromatic heterocycles. The van der Waals surface area contributed by atoms with Crippen LogP contribution < -0.4 is 14.8 Å². The number of anilines is 1. The Balaban J connectivity index is 1.70. The van der Waals surface area contributed by atoms with Crippen LogP contribution in [0.5, 0.6) is 11.5 Å². The van der Waals surface area contributed by atoms with Gasteiger partial charge in [-0.2, -0.15) is 8.78 Å². The summed E-state index contributed by atoms with van der Waals surface area (Å²) in [5, 5.41) is 4.15. The molecule has 2 heterocycles. The molecule has 7 nitrogen and oxygen atoms in total. The summed E-state index contributed by atoms with van der Waals surface area (Å²) in [6, 6.07) is 8.30. The van der Waals surface area contributed by atoms with Crippen LogP contribution in [0.15, 0.2) is 30.3 Å². The molecule has 0 spiro atoms.